The van der Waals surface area contributed by atoms with E-state index < -0.39 is 0 Å². The molecule has 6 bridgehead atoms. The molecule has 6 rings (SSSR count). The second kappa shape index (κ2) is 11.8. The molecule has 0 saturated carbocycles. The molecule has 0 fully saturated rings. The summed E-state index contributed by atoms with van der Waals surface area (Å²) in [6.07, 6.45) is 2.32. The third-order valence-corrected chi connectivity index (χ3v) is 6.68. The molecule has 1 unspecified atom stereocenters. The molecule has 3 amide bonds. The van der Waals surface area contributed by atoms with Crippen molar-refractivity contribution in [2.24, 2.45) is 0 Å². The summed E-state index contributed by atoms with van der Waals surface area (Å²) in [5, 5.41) is 5.74. The summed E-state index contributed by atoms with van der Waals surface area (Å²) in [5.41, 5.74) is 2.86. The van der Waals surface area contributed by atoms with Crippen LogP contribution in [0.5, 0.6) is 17.2 Å². The first-order valence-corrected chi connectivity index (χ1v) is 12.9. The molecule has 2 N–H and O–H groups in total. The Bertz CT molecular complexity index is 1360. The van der Waals surface area contributed by atoms with Gasteiger partial charge in [0.1, 0.15) is 18.1 Å². The zero-order valence-electron chi connectivity index (χ0n) is 21.6. The highest BCUT2D eigenvalue weighted by Gasteiger charge is 2.28. The zero-order valence-corrected chi connectivity index (χ0v) is 21.6. The monoisotopic (exact) mass is 530 g/mol. The fraction of sp³-hybridized carbons (Fsp3) is 0.310. The van der Waals surface area contributed by atoms with Gasteiger partial charge in [-0.25, -0.2) is 0 Å². The number of pyridine rings is 1. The molecular formula is C29H30N4O6. The van der Waals surface area contributed by atoms with E-state index in [0.717, 1.165) is 11.1 Å². The minimum atomic E-state index is -0.335. The van der Waals surface area contributed by atoms with Crippen molar-refractivity contribution < 1.29 is 28.6 Å². The molecule has 10 nitrogen and oxygen atoms in total. The number of methoxy groups -OCH3 is 1. The number of hydrogen-bond donors (Lipinski definition) is 2. The minimum absolute atomic E-state index is 0.0845. The molecule has 3 aliphatic heterocycles. The van der Waals surface area contributed by atoms with Gasteiger partial charge < -0.3 is 29.7 Å². The van der Waals surface area contributed by atoms with Crippen LogP contribution in [0.3, 0.4) is 0 Å². The molecule has 2 aromatic carbocycles. The lowest BCUT2D eigenvalue weighted by atomic mass is 9.84. The van der Waals surface area contributed by atoms with Gasteiger partial charge in [-0.05, 0) is 47.9 Å². The summed E-state index contributed by atoms with van der Waals surface area (Å²) in [5.74, 6) is 0.792. The lowest BCUT2D eigenvalue weighted by Gasteiger charge is -2.27. The molecule has 3 aliphatic rings. The van der Waals surface area contributed by atoms with Crippen LogP contribution in [0, 0.1) is 0 Å². The summed E-state index contributed by atoms with van der Waals surface area (Å²) < 4.78 is 17.4. The van der Waals surface area contributed by atoms with E-state index in [1.54, 1.807) is 37.6 Å². The predicted octanol–water partition coefficient (Wildman–Crippen LogP) is 2.98. The van der Waals surface area contributed by atoms with E-state index in [-0.39, 0.29) is 62.2 Å². The highest BCUT2D eigenvalue weighted by atomic mass is 16.5. The number of anilines is 1. The first-order chi connectivity index (χ1) is 19.0. The number of ether oxygens (including phenoxy) is 3. The van der Waals surface area contributed by atoms with Crippen LogP contribution in [0.15, 0.2) is 60.8 Å². The van der Waals surface area contributed by atoms with Gasteiger partial charge in [0, 0.05) is 36.8 Å². The maximum Gasteiger partial charge on any atom is 0.272 e. The Balaban J connectivity index is 1.43. The van der Waals surface area contributed by atoms with Crippen LogP contribution in [0.2, 0.25) is 0 Å². The average Bonchev–Trinajstić information content (AvgIpc) is 2.96. The summed E-state index contributed by atoms with van der Waals surface area (Å²) in [4.78, 5) is 44.0. The number of amides is 3. The Labute approximate surface area is 226 Å². The van der Waals surface area contributed by atoms with Crippen molar-refractivity contribution in [2.75, 3.05) is 45.3 Å². The number of rotatable bonds is 2. The Morgan fingerprint density at radius 2 is 1.95 bits per heavy atom. The molecule has 0 radical (unpaired) electrons. The van der Waals surface area contributed by atoms with Gasteiger partial charge in [-0.1, -0.05) is 18.2 Å². The Hall–Kier alpha value is -4.60. The molecule has 0 spiro atoms. The molecule has 0 saturated heterocycles. The summed E-state index contributed by atoms with van der Waals surface area (Å²) in [7, 11) is 1.57. The van der Waals surface area contributed by atoms with Crippen molar-refractivity contribution in [3.8, 4) is 17.2 Å². The number of nitrogens with zero attached hydrogens (tertiary/aromatic N) is 2. The zero-order chi connectivity index (χ0) is 27.2. The highest BCUT2D eigenvalue weighted by Crippen LogP contribution is 2.41. The van der Waals surface area contributed by atoms with Gasteiger partial charge in [0.2, 0.25) is 11.8 Å². The quantitative estimate of drug-likeness (QED) is 0.489. The fourth-order valence-electron chi connectivity index (χ4n) is 4.78. The van der Waals surface area contributed by atoms with Crippen molar-refractivity contribution >= 4 is 23.4 Å². The highest BCUT2D eigenvalue weighted by molar-refractivity contribution is 5.96. The topological polar surface area (TPSA) is 119 Å². The first kappa shape index (κ1) is 26.0. The van der Waals surface area contributed by atoms with Crippen LogP contribution < -0.4 is 24.8 Å². The van der Waals surface area contributed by atoms with E-state index in [1.165, 1.54) is 4.90 Å². The number of carbonyl (C=O) groups excluding carboxylic acids is 3. The standard InChI is InChI=1S/C29H30N4O6/c1-37-25-9-6-19-15-26(25)39-13-4-12-33(29(36)23-5-2-3-10-30-23)18-28(35)31-11-14-38-20-7-8-21-22(19)17-27(34)32-24(21)16-20/h2-3,5-10,15-16,22H,4,11-14,17-18H2,1H3,(H,31,35)(H,32,34). The molecule has 10 heteroatoms. The number of aromatic nitrogens is 1. The van der Waals surface area contributed by atoms with Gasteiger partial charge in [-0.2, -0.15) is 0 Å². The van der Waals surface area contributed by atoms with Crippen LogP contribution >= 0.6 is 0 Å². The molecule has 4 heterocycles. The van der Waals surface area contributed by atoms with Crippen LogP contribution in [0.1, 0.15) is 40.4 Å². The van der Waals surface area contributed by atoms with Crippen LogP contribution in [-0.2, 0) is 9.59 Å². The van der Waals surface area contributed by atoms with E-state index in [4.69, 9.17) is 14.2 Å². The number of carbonyl (C=O) groups is 3. The largest absolute Gasteiger partial charge is 0.493 e. The van der Waals surface area contributed by atoms with E-state index in [2.05, 4.69) is 15.6 Å². The molecular weight excluding hydrogens is 500 g/mol. The van der Waals surface area contributed by atoms with Crippen molar-refractivity contribution in [3.05, 3.63) is 77.6 Å². The van der Waals surface area contributed by atoms with Gasteiger partial charge in [0.15, 0.2) is 11.5 Å². The number of benzene rings is 2. The number of hydrogen-bond acceptors (Lipinski definition) is 7. The van der Waals surface area contributed by atoms with Crippen molar-refractivity contribution in [3.63, 3.8) is 0 Å². The van der Waals surface area contributed by atoms with Crippen LogP contribution in [-0.4, -0.2) is 67.6 Å². The SMILES string of the molecule is COc1ccc2cc1OCCCN(C(=O)c1ccccn1)CC(=O)NCCOc1ccc3c(c1)NC(=O)CC23. The fourth-order valence-corrected chi connectivity index (χ4v) is 4.78. The van der Waals surface area contributed by atoms with E-state index in [1.807, 2.05) is 30.3 Å². The van der Waals surface area contributed by atoms with Crippen molar-refractivity contribution in [1.29, 1.82) is 0 Å². The van der Waals surface area contributed by atoms with Gasteiger partial charge >= 0.3 is 0 Å². The van der Waals surface area contributed by atoms with Gasteiger partial charge in [-0.15, -0.1) is 0 Å². The average molecular weight is 531 g/mol. The lowest BCUT2D eigenvalue weighted by molar-refractivity contribution is -0.122. The normalized spacial score (nSPS) is 17.9. The Kier molecular flexibility index (Phi) is 7.91. The predicted molar refractivity (Wildman–Crippen MR) is 143 cm³/mol. The van der Waals surface area contributed by atoms with Crippen LogP contribution in [0.4, 0.5) is 5.69 Å². The maximum atomic E-state index is 13.1. The molecule has 39 heavy (non-hydrogen) atoms. The summed E-state index contributed by atoms with van der Waals surface area (Å²) >= 11 is 0. The maximum absolute atomic E-state index is 13.1. The van der Waals surface area contributed by atoms with E-state index in [0.29, 0.717) is 35.8 Å². The second-order valence-electron chi connectivity index (χ2n) is 9.31. The van der Waals surface area contributed by atoms with Crippen LogP contribution in [0.25, 0.3) is 0 Å². The van der Waals surface area contributed by atoms with Crippen molar-refractivity contribution in [2.45, 2.75) is 18.8 Å². The van der Waals surface area contributed by atoms with E-state index >= 15 is 0 Å². The number of fused-ring (bicyclic) bond motifs is 11. The molecule has 202 valence electrons. The molecule has 0 aliphatic carbocycles. The van der Waals surface area contributed by atoms with Gasteiger partial charge in [-0.3, -0.25) is 19.4 Å². The number of nitrogens with one attached hydrogen (secondary N) is 2. The lowest BCUT2D eigenvalue weighted by Crippen LogP contribution is -2.42. The minimum Gasteiger partial charge on any atom is -0.493 e. The Morgan fingerprint density at radius 1 is 1.05 bits per heavy atom. The van der Waals surface area contributed by atoms with Gasteiger partial charge in [0.25, 0.3) is 5.91 Å². The second-order valence-corrected chi connectivity index (χ2v) is 9.31. The van der Waals surface area contributed by atoms with Gasteiger partial charge in [0.05, 0.1) is 26.8 Å². The van der Waals surface area contributed by atoms with E-state index in [9.17, 15) is 14.4 Å². The Morgan fingerprint density at radius 3 is 2.77 bits per heavy atom. The molecule has 1 atom stereocenters. The smallest absolute Gasteiger partial charge is 0.272 e. The van der Waals surface area contributed by atoms with Crippen molar-refractivity contribution in [1.82, 2.24) is 15.2 Å². The first-order valence-electron chi connectivity index (χ1n) is 12.9. The third-order valence-electron chi connectivity index (χ3n) is 6.68. The summed E-state index contributed by atoms with van der Waals surface area (Å²) in [6.45, 7) is 0.932. The molecule has 1 aromatic heterocycles. The summed E-state index contributed by atoms with van der Waals surface area (Å²) in [6, 6.07) is 16.4. The molecule has 3 aromatic rings. The third kappa shape index (κ3) is 6.11.